The summed E-state index contributed by atoms with van der Waals surface area (Å²) in [6.07, 6.45) is 1.87. The van der Waals surface area contributed by atoms with Crippen LogP contribution in [0.25, 0.3) is 0 Å². The maximum absolute atomic E-state index is 10.3. The molecule has 1 aromatic rings. The summed E-state index contributed by atoms with van der Waals surface area (Å²) in [6, 6.07) is 3.94. The number of carboxylic acids is 1. The number of hydrogen-bond donors (Lipinski definition) is 3. The van der Waals surface area contributed by atoms with E-state index in [0.717, 1.165) is 5.69 Å². The average molecular weight is 196 g/mol. The molecule has 0 aliphatic carbocycles. The second-order valence-corrected chi connectivity index (χ2v) is 3.96. The molecule has 0 amide bonds. The number of aromatic amines is 1. The largest absolute Gasteiger partial charge is 0.480 e. The van der Waals surface area contributed by atoms with Gasteiger partial charge in [-0.2, -0.15) is 0 Å². The summed E-state index contributed by atoms with van der Waals surface area (Å²) < 4.78 is 0. The smallest absolute Gasteiger partial charge is 0.317 e. The zero-order chi connectivity index (χ0) is 10.6. The van der Waals surface area contributed by atoms with E-state index in [1.54, 1.807) is 0 Å². The van der Waals surface area contributed by atoms with Gasteiger partial charge in [0.15, 0.2) is 0 Å². The number of aromatic nitrogens is 1. The maximum Gasteiger partial charge on any atom is 0.317 e. The van der Waals surface area contributed by atoms with Gasteiger partial charge in [-0.1, -0.05) is 13.8 Å². The number of aliphatic carboxylic acids is 1. The van der Waals surface area contributed by atoms with Gasteiger partial charge in [-0.15, -0.1) is 0 Å². The molecule has 4 heteroatoms. The SMILES string of the molecule is CC(C)(CNCC(=O)O)c1ccc[nH]1. The molecule has 3 N–H and O–H groups in total. The maximum atomic E-state index is 10.3. The van der Waals surface area contributed by atoms with Crippen molar-refractivity contribution in [1.29, 1.82) is 0 Å². The van der Waals surface area contributed by atoms with E-state index in [1.165, 1.54) is 0 Å². The highest BCUT2D eigenvalue weighted by molar-refractivity contribution is 5.69. The normalized spacial score (nSPS) is 11.6. The lowest BCUT2D eigenvalue weighted by Crippen LogP contribution is -2.35. The lowest BCUT2D eigenvalue weighted by atomic mass is 9.89. The molecule has 0 saturated carbocycles. The minimum atomic E-state index is -0.827. The Hall–Kier alpha value is -1.29. The molecule has 1 heterocycles. The van der Waals surface area contributed by atoms with Crippen LogP contribution >= 0.6 is 0 Å². The fourth-order valence-corrected chi connectivity index (χ4v) is 1.33. The Labute approximate surface area is 83.3 Å². The molecule has 14 heavy (non-hydrogen) atoms. The number of H-pyrrole nitrogens is 1. The molecule has 0 aliphatic rings. The number of rotatable bonds is 5. The molecule has 1 rings (SSSR count). The molecule has 0 atom stereocenters. The Balaban J connectivity index is 2.46. The molecule has 0 aromatic carbocycles. The summed E-state index contributed by atoms with van der Waals surface area (Å²) in [5.41, 5.74) is 1.04. The molecule has 0 fully saturated rings. The Morgan fingerprint density at radius 2 is 2.36 bits per heavy atom. The van der Waals surface area contributed by atoms with E-state index in [2.05, 4.69) is 24.1 Å². The van der Waals surface area contributed by atoms with Crippen LogP contribution in [-0.2, 0) is 10.2 Å². The first-order valence-corrected chi connectivity index (χ1v) is 4.59. The van der Waals surface area contributed by atoms with Crippen molar-refractivity contribution in [3.05, 3.63) is 24.0 Å². The van der Waals surface area contributed by atoms with Crippen molar-refractivity contribution in [1.82, 2.24) is 10.3 Å². The Kier molecular flexibility index (Phi) is 3.30. The van der Waals surface area contributed by atoms with Crippen LogP contribution in [0.2, 0.25) is 0 Å². The van der Waals surface area contributed by atoms with E-state index in [9.17, 15) is 4.79 Å². The molecule has 0 aliphatic heterocycles. The molecular formula is C10H16N2O2. The zero-order valence-corrected chi connectivity index (χ0v) is 8.50. The van der Waals surface area contributed by atoms with E-state index in [1.807, 2.05) is 18.3 Å². The van der Waals surface area contributed by atoms with Crippen molar-refractivity contribution in [2.75, 3.05) is 13.1 Å². The summed E-state index contributed by atoms with van der Waals surface area (Å²) in [7, 11) is 0. The van der Waals surface area contributed by atoms with E-state index in [4.69, 9.17) is 5.11 Å². The minimum Gasteiger partial charge on any atom is -0.480 e. The first-order valence-electron chi connectivity index (χ1n) is 4.59. The number of carboxylic acid groups (broad SMARTS) is 1. The van der Waals surface area contributed by atoms with Crippen LogP contribution in [0.15, 0.2) is 18.3 Å². The predicted molar refractivity (Wildman–Crippen MR) is 54.3 cm³/mol. The first-order chi connectivity index (χ1) is 6.52. The molecule has 0 spiro atoms. The van der Waals surface area contributed by atoms with Crippen LogP contribution in [0.3, 0.4) is 0 Å². The van der Waals surface area contributed by atoms with Crippen LogP contribution in [0.4, 0.5) is 0 Å². The number of carbonyl (C=O) groups is 1. The van der Waals surface area contributed by atoms with E-state index in [0.29, 0.717) is 6.54 Å². The van der Waals surface area contributed by atoms with Gasteiger partial charge in [0.2, 0.25) is 0 Å². The van der Waals surface area contributed by atoms with Gasteiger partial charge in [0.05, 0.1) is 6.54 Å². The Morgan fingerprint density at radius 3 is 2.86 bits per heavy atom. The van der Waals surface area contributed by atoms with E-state index >= 15 is 0 Å². The van der Waals surface area contributed by atoms with Crippen LogP contribution in [0, 0.1) is 0 Å². The monoisotopic (exact) mass is 196 g/mol. The van der Waals surface area contributed by atoms with Crippen LogP contribution < -0.4 is 5.32 Å². The average Bonchev–Trinajstić information content (AvgIpc) is 2.54. The highest BCUT2D eigenvalue weighted by Gasteiger charge is 2.20. The van der Waals surface area contributed by atoms with Crippen LogP contribution in [0.1, 0.15) is 19.5 Å². The quantitative estimate of drug-likeness (QED) is 0.657. The van der Waals surface area contributed by atoms with Crippen molar-refractivity contribution in [3.63, 3.8) is 0 Å². The van der Waals surface area contributed by atoms with Gasteiger partial charge in [0.1, 0.15) is 0 Å². The third kappa shape index (κ3) is 2.88. The van der Waals surface area contributed by atoms with E-state index in [-0.39, 0.29) is 12.0 Å². The van der Waals surface area contributed by atoms with Crippen molar-refractivity contribution in [2.24, 2.45) is 0 Å². The highest BCUT2D eigenvalue weighted by atomic mass is 16.4. The van der Waals surface area contributed by atoms with Crippen molar-refractivity contribution < 1.29 is 9.90 Å². The number of nitrogens with one attached hydrogen (secondary N) is 2. The van der Waals surface area contributed by atoms with Gasteiger partial charge in [-0.05, 0) is 12.1 Å². The fraction of sp³-hybridized carbons (Fsp3) is 0.500. The topological polar surface area (TPSA) is 65.1 Å². The van der Waals surface area contributed by atoms with Gasteiger partial charge in [-0.25, -0.2) is 0 Å². The summed E-state index contributed by atoms with van der Waals surface area (Å²) in [5.74, 6) is -0.827. The van der Waals surface area contributed by atoms with Crippen molar-refractivity contribution in [3.8, 4) is 0 Å². The van der Waals surface area contributed by atoms with Gasteiger partial charge >= 0.3 is 5.97 Å². The zero-order valence-electron chi connectivity index (χ0n) is 8.50. The summed E-state index contributed by atoms with van der Waals surface area (Å²) in [5, 5.41) is 11.4. The summed E-state index contributed by atoms with van der Waals surface area (Å²) in [6.45, 7) is 4.77. The van der Waals surface area contributed by atoms with Gasteiger partial charge in [0, 0.05) is 23.9 Å². The third-order valence-corrected chi connectivity index (χ3v) is 2.17. The number of hydrogen-bond acceptors (Lipinski definition) is 2. The molecule has 0 saturated heterocycles. The van der Waals surface area contributed by atoms with Crippen LogP contribution in [-0.4, -0.2) is 29.1 Å². The second kappa shape index (κ2) is 4.28. The van der Waals surface area contributed by atoms with Gasteiger partial charge in [-0.3, -0.25) is 4.79 Å². The van der Waals surface area contributed by atoms with Gasteiger partial charge < -0.3 is 15.4 Å². The molecular weight excluding hydrogens is 180 g/mol. The van der Waals surface area contributed by atoms with Crippen molar-refractivity contribution >= 4 is 5.97 Å². The van der Waals surface area contributed by atoms with Crippen LogP contribution in [0.5, 0.6) is 0 Å². The third-order valence-electron chi connectivity index (χ3n) is 2.17. The second-order valence-electron chi connectivity index (χ2n) is 3.96. The Bertz CT molecular complexity index is 291. The molecule has 78 valence electrons. The van der Waals surface area contributed by atoms with E-state index < -0.39 is 5.97 Å². The molecule has 0 unspecified atom stereocenters. The molecule has 4 nitrogen and oxygen atoms in total. The molecule has 0 radical (unpaired) electrons. The summed E-state index contributed by atoms with van der Waals surface area (Å²) >= 11 is 0. The molecule has 0 bridgehead atoms. The predicted octanol–water partition coefficient (Wildman–Crippen LogP) is 0.966. The fourth-order valence-electron chi connectivity index (χ4n) is 1.33. The minimum absolute atomic E-state index is 0.00411. The highest BCUT2D eigenvalue weighted by Crippen LogP contribution is 2.19. The lowest BCUT2D eigenvalue weighted by molar-refractivity contribution is -0.136. The van der Waals surface area contributed by atoms with Crippen molar-refractivity contribution in [2.45, 2.75) is 19.3 Å². The first kappa shape index (κ1) is 10.8. The lowest BCUT2D eigenvalue weighted by Gasteiger charge is -2.23. The Morgan fingerprint density at radius 1 is 1.64 bits per heavy atom. The van der Waals surface area contributed by atoms with Gasteiger partial charge in [0.25, 0.3) is 0 Å². The standard InChI is InChI=1S/C10H16N2O2/c1-10(2,7-11-6-9(13)14)8-4-3-5-12-8/h3-5,11-12H,6-7H2,1-2H3,(H,13,14). The summed E-state index contributed by atoms with van der Waals surface area (Å²) in [4.78, 5) is 13.4. The molecule has 1 aromatic heterocycles.